The molecule has 2 aromatic rings. The molecule has 1 aliphatic rings. The second kappa shape index (κ2) is 7.68. The number of aryl methyl sites for hydroxylation is 2. The molecule has 0 heterocycles. The second-order valence-electron chi connectivity index (χ2n) is 6.49. The minimum atomic E-state index is -0.364. The van der Waals surface area contributed by atoms with E-state index >= 15 is 0 Å². The number of rotatable bonds is 5. The average Bonchev–Trinajstić information content (AvgIpc) is 3.41. The van der Waals surface area contributed by atoms with Gasteiger partial charge in [-0.05, 0) is 43.0 Å². The summed E-state index contributed by atoms with van der Waals surface area (Å²) in [7, 11) is 0. The number of halogens is 2. The summed E-state index contributed by atoms with van der Waals surface area (Å²) in [6, 6.07) is 11.0. The quantitative estimate of drug-likeness (QED) is 0.747. The Balaban J connectivity index is 1.65. The van der Waals surface area contributed by atoms with E-state index in [4.69, 9.17) is 23.2 Å². The van der Waals surface area contributed by atoms with Gasteiger partial charge in [0.05, 0.1) is 27.6 Å². The van der Waals surface area contributed by atoms with Crippen LogP contribution in [0.5, 0.6) is 0 Å². The Morgan fingerprint density at radius 1 is 0.962 bits per heavy atom. The molecule has 26 heavy (non-hydrogen) atoms. The normalized spacial score (nSPS) is 18.3. The predicted octanol–water partition coefficient (Wildman–Crippen LogP) is 5.08. The summed E-state index contributed by atoms with van der Waals surface area (Å²) >= 11 is 12.2. The zero-order valence-electron chi connectivity index (χ0n) is 14.6. The van der Waals surface area contributed by atoms with Crippen LogP contribution in [-0.4, -0.2) is 11.8 Å². The van der Waals surface area contributed by atoms with Crippen LogP contribution in [0.2, 0.25) is 10.0 Å². The molecule has 0 aromatic heterocycles. The standard InChI is InChI=1S/C20H20Cl2N2O2/c1-3-12-7-4-6-11(2)17(12)23-19(25)13-10-14(13)20(26)24-18-15(21)8-5-9-16(18)22/h4-9,13-14H,3,10H2,1-2H3,(H,23,25)(H,24,26). The van der Waals surface area contributed by atoms with Crippen LogP contribution >= 0.6 is 23.2 Å². The molecule has 0 spiro atoms. The van der Waals surface area contributed by atoms with Crippen molar-refractivity contribution in [1.82, 2.24) is 0 Å². The lowest BCUT2D eigenvalue weighted by atomic mass is 10.1. The van der Waals surface area contributed by atoms with Crippen LogP contribution in [0.1, 0.15) is 24.5 Å². The zero-order chi connectivity index (χ0) is 18.8. The Bertz CT molecular complexity index is 847. The van der Waals surface area contributed by atoms with Crippen molar-refractivity contribution in [3.8, 4) is 0 Å². The highest BCUT2D eigenvalue weighted by Crippen LogP contribution is 2.41. The molecular formula is C20H20Cl2N2O2. The van der Waals surface area contributed by atoms with Crippen LogP contribution in [0.3, 0.4) is 0 Å². The van der Waals surface area contributed by atoms with Gasteiger partial charge in [0, 0.05) is 5.69 Å². The van der Waals surface area contributed by atoms with Crippen molar-refractivity contribution < 1.29 is 9.59 Å². The van der Waals surface area contributed by atoms with Crippen LogP contribution in [-0.2, 0) is 16.0 Å². The molecule has 136 valence electrons. The summed E-state index contributed by atoms with van der Waals surface area (Å²) in [5, 5.41) is 6.48. The van der Waals surface area contributed by atoms with Gasteiger partial charge >= 0.3 is 0 Å². The SMILES string of the molecule is CCc1cccc(C)c1NC(=O)C1CC1C(=O)Nc1c(Cl)cccc1Cl. The molecule has 2 unspecified atom stereocenters. The first-order valence-electron chi connectivity index (χ1n) is 8.56. The summed E-state index contributed by atoms with van der Waals surface area (Å²) in [4.78, 5) is 25.0. The van der Waals surface area contributed by atoms with E-state index in [9.17, 15) is 9.59 Å². The first-order valence-corrected chi connectivity index (χ1v) is 9.32. The van der Waals surface area contributed by atoms with E-state index in [0.717, 1.165) is 23.2 Å². The summed E-state index contributed by atoms with van der Waals surface area (Å²) in [5.41, 5.74) is 3.34. The highest BCUT2D eigenvalue weighted by molar-refractivity contribution is 6.39. The molecule has 2 atom stereocenters. The first-order chi connectivity index (χ1) is 12.4. The van der Waals surface area contributed by atoms with E-state index in [1.807, 2.05) is 32.0 Å². The van der Waals surface area contributed by atoms with Gasteiger partial charge < -0.3 is 10.6 Å². The number of benzene rings is 2. The lowest BCUT2D eigenvalue weighted by molar-refractivity contribution is -0.122. The Morgan fingerprint density at radius 3 is 2.08 bits per heavy atom. The fraction of sp³-hybridized carbons (Fsp3) is 0.300. The third kappa shape index (κ3) is 3.87. The number of carbonyl (C=O) groups excluding carboxylic acids is 2. The van der Waals surface area contributed by atoms with Crippen molar-refractivity contribution in [2.45, 2.75) is 26.7 Å². The van der Waals surface area contributed by atoms with Gasteiger partial charge in [0.1, 0.15) is 0 Å². The van der Waals surface area contributed by atoms with E-state index in [1.165, 1.54) is 0 Å². The topological polar surface area (TPSA) is 58.2 Å². The Labute approximate surface area is 162 Å². The second-order valence-corrected chi connectivity index (χ2v) is 7.30. The van der Waals surface area contributed by atoms with Crippen molar-refractivity contribution in [3.05, 3.63) is 57.6 Å². The molecule has 2 aromatic carbocycles. The number of hydrogen-bond acceptors (Lipinski definition) is 2. The van der Waals surface area contributed by atoms with Gasteiger partial charge in [0.25, 0.3) is 0 Å². The van der Waals surface area contributed by atoms with Gasteiger partial charge in [-0.1, -0.05) is 54.4 Å². The molecule has 0 aliphatic heterocycles. The van der Waals surface area contributed by atoms with E-state index in [0.29, 0.717) is 22.2 Å². The van der Waals surface area contributed by atoms with Crippen molar-refractivity contribution in [1.29, 1.82) is 0 Å². The molecule has 0 saturated heterocycles. The Kier molecular flexibility index (Phi) is 5.54. The minimum absolute atomic E-state index is 0.126. The molecule has 1 saturated carbocycles. The van der Waals surface area contributed by atoms with Crippen LogP contribution < -0.4 is 10.6 Å². The molecule has 4 nitrogen and oxygen atoms in total. The highest BCUT2D eigenvalue weighted by Gasteiger charge is 2.48. The molecule has 1 fully saturated rings. The van der Waals surface area contributed by atoms with Gasteiger partial charge in [-0.3, -0.25) is 9.59 Å². The average molecular weight is 391 g/mol. The highest BCUT2D eigenvalue weighted by atomic mass is 35.5. The molecular weight excluding hydrogens is 371 g/mol. The maximum Gasteiger partial charge on any atom is 0.228 e. The van der Waals surface area contributed by atoms with Gasteiger partial charge in [0.15, 0.2) is 0 Å². The monoisotopic (exact) mass is 390 g/mol. The number of anilines is 2. The number of amides is 2. The van der Waals surface area contributed by atoms with E-state index in [-0.39, 0.29) is 23.7 Å². The lowest BCUT2D eigenvalue weighted by Crippen LogP contribution is -2.21. The summed E-state index contributed by atoms with van der Waals surface area (Å²) < 4.78 is 0. The van der Waals surface area contributed by atoms with Gasteiger partial charge in [0.2, 0.25) is 11.8 Å². The lowest BCUT2D eigenvalue weighted by Gasteiger charge is -2.13. The smallest absolute Gasteiger partial charge is 0.228 e. The van der Waals surface area contributed by atoms with Gasteiger partial charge in [-0.2, -0.15) is 0 Å². The fourth-order valence-corrected chi connectivity index (χ4v) is 3.52. The molecule has 3 rings (SSSR count). The Hall–Kier alpha value is -2.04. The molecule has 6 heteroatoms. The number of carbonyl (C=O) groups is 2. The van der Waals surface area contributed by atoms with Crippen molar-refractivity contribution in [3.63, 3.8) is 0 Å². The largest absolute Gasteiger partial charge is 0.325 e. The van der Waals surface area contributed by atoms with Crippen molar-refractivity contribution >= 4 is 46.4 Å². The van der Waals surface area contributed by atoms with Crippen LogP contribution in [0.4, 0.5) is 11.4 Å². The van der Waals surface area contributed by atoms with Crippen LogP contribution in [0.15, 0.2) is 36.4 Å². The van der Waals surface area contributed by atoms with E-state index < -0.39 is 0 Å². The molecule has 2 amide bonds. The zero-order valence-corrected chi connectivity index (χ0v) is 16.1. The number of para-hydroxylation sites is 2. The van der Waals surface area contributed by atoms with Gasteiger partial charge in [-0.25, -0.2) is 0 Å². The fourth-order valence-electron chi connectivity index (χ4n) is 3.03. The maximum atomic E-state index is 12.6. The number of hydrogen-bond donors (Lipinski definition) is 2. The van der Waals surface area contributed by atoms with Crippen LogP contribution in [0, 0.1) is 18.8 Å². The number of nitrogens with one attached hydrogen (secondary N) is 2. The summed E-state index contributed by atoms with van der Waals surface area (Å²) in [5.74, 6) is -1.06. The molecule has 2 N–H and O–H groups in total. The molecule has 0 bridgehead atoms. The summed E-state index contributed by atoms with van der Waals surface area (Å²) in [6.07, 6.45) is 1.35. The molecule has 0 radical (unpaired) electrons. The van der Waals surface area contributed by atoms with Crippen molar-refractivity contribution in [2.75, 3.05) is 10.6 Å². The van der Waals surface area contributed by atoms with Crippen molar-refractivity contribution in [2.24, 2.45) is 11.8 Å². The minimum Gasteiger partial charge on any atom is -0.325 e. The maximum absolute atomic E-state index is 12.6. The molecule has 1 aliphatic carbocycles. The first kappa shape index (κ1) is 18.7. The van der Waals surface area contributed by atoms with E-state index in [2.05, 4.69) is 10.6 Å². The van der Waals surface area contributed by atoms with E-state index in [1.54, 1.807) is 18.2 Å². The predicted molar refractivity (Wildman–Crippen MR) is 106 cm³/mol. The third-order valence-corrected chi connectivity index (χ3v) is 5.29. The Morgan fingerprint density at radius 2 is 1.50 bits per heavy atom. The third-order valence-electron chi connectivity index (χ3n) is 4.66. The van der Waals surface area contributed by atoms with Gasteiger partial charge in [-0.15, -0.1) is 0 Å². The van der Waals surface area contributed by atoms with Crippen LogP contribution in [0.25, 0.3) is 0 Å². The summed E-state index contributed by atoms with van der Waals surface area (Å²) in [6.45, 7) is 4.01.